The largest absolute Gasteiger partial charge is 0.496 e. The number of carbonyl (C=O) groups excluding carboxylic acids is 2. The Hall–Kier alpha value is -5.00. The van der Waals surface area contributed by atoms with E-state index in [4.69, 9.17) is 4.74 Å². The van der Waals surface area contributed by atoms with Crippen LogP contribution in [0.5, 0.6) is 5.75 Å². The van der Waals surface area contributed by atoms with Crippen molar-refractivity contribution in [3.8, 4) is 17.1 Å². The van der Waals surface area contributed by atoms with E-state index in [9.17, 15) is 19.5 Å². The average Bonchev–Trinajstić information content (AvgIpc) is 3.37. The number of aromatic nitrogens is 4. The average molecular weight is 558 g/mol. The predicted molar refractivity (Wildman–Crippen MR) is 151 cm³/mol. The zero-order valence-corrected chi connectivity index (χ0v) is 23.2. The molecular formula is C29H31N7O5. The third kappa shape index (κ3) is 5.40. The van der Waals surface area contributed by atoms with Gasteiger partial charge in [-0.15, -0.1) is 10.2 Å². The molecule has 12 heteroatoms. The second kappa shape index (κ2) is 11.2. The number of hydrogen-bond acceptors (Lipinski definition) is 7. The summed E-state index contributed by atoms with van der Waals surface area (Å²) in [5.41, 5.74) is 3.34. The summed E-state index contributed by atoms with van der Waals surface area (Å²) in [5, 5.41) is 26.2. The van der Waals surface area contributed by atoms with E-state index in [2.05, 4.69) is 20.7 Å². The molecule has 12 nitrogen and oxygen atoms in total. The standard InChI is InChI=1S/C29H31N7O5/c1-17(34(2)29(39)40)27(37)30-23-13-10-18-7-5-6-8-24(18)36(28(23)38)16-22-21-12-9-20(26-31-33-35(3)32-26)15-19(21)11-14-25(22)41-4/h5-9,11-12,14-15,17,23H,10,13,16H2,1-4H3,(H,30,37)(H,39,40)/t17-,23-/m0/s1. The van der Waals surface area contributed by atoms with Crippen LogP contribution in [0, 0.1) is 0 Å². The van der Waals surface area contributed by atoms with Crippen molar-refractivity contribution < 1.29 is 24.2 Å². The van der Waals surface area contributed by atoms with Gasteiger partial charge >= 0.3 is 6.09 Å². The number of carboxylic acid groups (broad SMARTS) is 1. The molecule has 1 aliphatic heterocycles. The Bertz CT molecular complexity index is 1640. The maximum Gasteiger partial charge on any atom is 0.407 e. The molecule has 41 heavy (non-hydrogen) atoms. The minimum absolute atomic E-state index is 0.191. The summed E-state index contributed by atoms with van der Waals surface area (Å²) in [5.74, 6) is 0.305. The minimum Gasteiger partial charge on any atom is -0.496 e. The molecule has 0 fully saturated rings. The van der Waals surface area contributed by atoms with Crippen LogP contribution in [0.1, 0.15) is 24.5 Å². The lowest BCUT2D eigenvalue weighted by atomic mass is 10.00. The molecule has 3 amide bonds. The molecule has 0 radical (unpaired) electrons. The predicted octanol–water partition coefficient (Wildman–Crippen LogP) is 3.00. The van der Waals surface area contributed by atoms with Crippen LogP contribution in [0.2, 0.25) is 0 Å². The Labute approximate surface area is 236 Å². The molecule has 2 N–H and O–H groups in total. The molecule has 5 rings (SSSR count). The summed E-state index contributed by atoms with van der Waals surface area (Å²) in [4.78, 5) is 42.4. The first-order chi connectivity index (χ1) is 19.7. The highest BCUT2D eigenvalue weighted by atomic mass is 16.5. The Kier molecular flexibility index (Phi) is 7.56. The summed E-state index contributed by atoms with van der Waals surface area (Å²) < 4.78 is 5.73. The Balaban J connectivity index is 1.52. The van der Waals surface area contributed by atoms with Crippen LogP contribution in [0.4, 0.5) is 10.5 Å². The Morgan fingerprint density at radius 3 is 2.68 bits per heavy atom. The Morgan fingerprint density at radius 1 is 1.20 bits per heavy atom. The van der Waals surface area contributed by atoms with Gasteiger partial charge in [0.2, 0.25) is 17.6 Å². The lowest BCUT2D eigenvalue weighted by molar-refractivity contribution is -0.130. The molecule has 0 saturated carbocycles. The first kappa shape index (κ1) is 27.6. The molecule has 212 valence electrons. The number of para-hydroxylation sites is 1. The first-order valence-electron chi connectivity index (χ1n) is 13.2. The van der Waals surface area contributed by atoms with E-state index in [1.165, 1.54) is 18.8 Å². The topological polar surface area (TPSA) is 143 Å². The normalized spacial score (nSPS) is 15.7. The van der Waals surface area contributed by atoms with E-state index in [1.807, 2.05) is 54.6 Å². The van der Waals surface area contributed by atoms with Crippen LogP contribution >= 0.6 is 0 Å². The van der Waals surface area contributed by atoms with Gasteiger partial charge in [-0.25, -0.2) is 4.79 Å². The van der Waals surface area contributed by atoms with E-state index >= 15 is 0 Å². The number of amides is 3. The van der Waals surface area contributed by atoms with Crippen LogP contribution in [-0.2, 0) is 29.6 Å². The van der Waals surface area contributed by atoms with Gasteiger partial charge in [-0.05, 0) is 59.5 Å². The van der Waals surface area contributed by atoms with Crippen LogP contribution < -0.4 is 15.0 Å². The third-order valence-corrected chi connectivity index (χ3v) is 7.52. The Morgan fingerprint density at radius 2 is 1.98 bits per heavy atom. The molecule has 0 spiro atoms. The van der Waals surface area contributed by atoms with Gasteiger partial charge in [0, 0.05) is 23.9 Å². The quantitative estimate of drug-likeness (QED) is 0.353. The molecule has 0 aliphatic carbocycles. The molecule has 0 saturated heterocycles. The highest BCUT2D eigenvalue weighted by Gasteiger charge is 2.34. The summed E-state index contributed by atoms with van der Waals surface area (Å²) in [7, 11) is 4.61. The number of methoxy groups -OCH3 is 1. The van der Waals surface area contributed by atoms with Crippen molar-refractivity contribution in [1.29, 1.82) is 0 Å². The van der Waals surface area contributed by atoms with Crippen molar-refractivity contribution in [3.05, 3.63) is 65.7 Å². The van der Waals surface area contributed by atoms with Gasteiger partial charge in [0.05, 0.1) is 20.7 Å². The first-order valence-corrected chi connectivity index (χ1v) is 13.2. The molecule has 2 heterocycles. The zero-order chi connectivity index (χ0) is 29.3. The molecule has 0 bridgehead atoms. The number of nitrogens with one attached hydrogen (secondary N) is 1. The van der Waals surface area contributed by atoms with Crippen LogP contribution in [0.15, 0.2) is 54.6 Å². The molecule has 1 aliphatic rings. The molecule has 4 aromatic rings. The number of fused-ring (bicyclic) bond motifs is 2. The maximum atomic E-state index is 14.1. The van der Waals surface area contributed by atoms with Gasteiger partial charge < -0.3 is 20.1 Å². The van der Waals surface area contributed by atoms with Gasteiger partial charge in [0.25, 0.3) is 0 Å². The number of aryl methyl sites for hydroxylation is 2. The summed E-state index contributed by atoms with van der Waals surface area (Å²) in [6.45, 7) is 1.68. The van der Waals surface area contributed by atoms with E-state index in [-0.39, 0.29) is 12.5 Å². The lowest BCUT2D eigenvalue weighted by Gasteiger charge is -2.29. The van der Waals surface area contributed by atoms with Crippen LogP contribution in [0.25, 0.3) is 22.2 Å². The number of benzene rings is 3. The van der Waals surface area contributed by atoms with Gasteiger partial charge in [0.15, 0.2) is 0 Å². The lowest BCUT2D eigenvalue weighted by Crippen LogP contribution is -2.53. The van der Waals surface area contributed by atoms with E-state index in [0.717, 1.165) is 38.1 Å². The van der Waals surface area contributed by atoms with Crippen LogP contribution in [-0.4, -0.2) is 74.4 Å². The van der Waals surface area contributed by atoms with Gasteiger partial charge in [-0.3, -0.25) is 14.5 Å². The SMILES string of the molecule is COc1ccc2cc(-c3nnn(C)n3)ccc2c1CN1C(=O)[C@@H](NC(=O)[C@H](C)N(C)C(=O)O)CCc2ccccc21. The number of carbonyl (C=O) groups is 3. The fourth-order valence-electron chi connectivity index (χ4n) is 5.07. The van der Waals surface area contributed by atoms with Crippen molar-refractivity contribution in [3.63, 3.8) is 0 Å². The van der Waals surface area contributed by atoms with Crippen molar-refractivity contribution in [2.75, 3.05) is 19.1 Å². The maximum absolute atomic E-state index is 14.1. The van der Waals surface area contributed by atoms with Gasteiger partial charge in [-0.2, -0.15) is 4.80 Å². The second-order valence-corrected chi connectivity index (χ2v) is 10.0. The van der Waals surface area contributed by atoms with Crippen molar-refractivity contribution >= 4 is 34.4 Å². The molecule has 2 atom stereocenters. The zero-order valence-electron chi connectivity index (χ0n) is 23.2. The number of ether oxygens (including phenoxy) is 1. The number of likely N-dealkylation sites (N-methyl/N-ethyl adjacent to an activating group) is 1. The monoisotopic (exact) mass is 557 g/mol. The highest BCUT2D eigenvalue weighted by Crippen LogP contribution is 2.35. The fraction of sp³-hybridized carbons (Fsp3) is 0.310. The fourth-order valence-corrected chi connectivity index (χ4v) is 5.07. The summed E-state index contributed by atoms with van der Waals surface area (Å²) in [6.07, 6.45) is -0.286. The molecule has 0 unspecified atom stereocenters. The smallest absolute Gasteiger partial charge is 0.407 e. The van der Waals surface area contributed by atoms with E-state index < -0.39 is 24.1 Å². The molecule has 1 aromatic heterocycles. The van der Waals surface area contributed by atoms with E-state index in [0.29, 0.717) is 24.4 Å². The summed E-state index contributed by atoms with van der Waals surface area (Å²) >= 11 is 0. The number of hydrogen-bond donors (Lipinski definition) is 2. The van der Waals surface area contributed by atoms with Gasteiger partial charge in [0.1, 0.15) is 17.8 Å². The van der Waals surface area contributed by atoms with Gasteiger partial charge in [-0.1, -0.05) is 36.4 Å². The number of tetrazole rings is 1. The highest BCUT2D eigenvalue weighted by molar-refractivity contribution is 6.02. The summed E-state index contributed by atoms with van der Waals surface area (Å²) in [6, 6.07) is 15.5. The van der Waals surface area contributed by atoms with Crippen LogP contribution in [0.3, 0.4) is 0 Å². The van der Waals surface area contributed by atoms with Crippen molar-refractivity contribution in [2.45, 2.75) is 38.4 Å². The minimum atomic E-state index is -1.23. The van der Waals surface area contributed by atoms with E-state index in [1.54, 1.807) is 19.1 Å². The number of nitrogens with zero attached hydrogens (tertiary/aromatic N) is 6. The second-order valence-electron chi connectivity index (χ2n) is 10.0. The van der Waals surface area contributed by atoms with Crippen molar-refractivity contribution in [2.24, 2.45) is 7.05 Å². The molecule has 3 aromatic carbocycles. The molecular weight excluding hydrogens is 526 g/mol. The third-order valence-electron chi connectivity index (χ3n) is 7.52. The number of anilines is 1. The van der Waals surface area contributed by atoms with Crippen molar-refractivity contribution in [1.82, 2.24) is 30.4 Å². The number of rotatable bonds is 7.